The van der Waals surface area contributed by atoms with Crippen LogP contribution in [0.5, 0.6) is 0 Å². The highest BCUT2D eigenvalue weighted by molar-refractivity contribution is 6.71. The summed E-state index contributed by atoms with van der Waals surface area (Å²) >= 11 is 0. The normalized spacial score (nSPS) is 14.4. The van der Waals surface area contributed by atoms with Gasteiger partial charge in [-0.05, 0) is 91.9 Å². The standard InChI is InChI=1S/2C27H37BF2N2/c2*1-17(2)21-11-9-12-22(18(3)4)25(21)31-15-16-32(28(31)27(29)30)26-23(19(5)6)13-10-14-24(26)20(7)8/h2*9-20,27H,1-8H3. The van der Waals surface area contributed by atoms with Crippen LogP contribution in [0.4, 0.5) is 40.3 Å². The summed E-state index contributed by atoms with van der Waals surface area (Å²) in [6.07, 6.45) is 2.34. The second kappa shape index (κ2) is 21.1. The molecule has 0 saturated heterocycles. The van der Waals surface area contributed by atoms with Crippen LogP contribution in [0.3, 0.4) is 0 Å². The highest BCUT2D eigenvalue weighted by Gasteiger charge is 2.47. The highest BCUT2D eigenvalue weighted by atomic mass is 19.3. The largest absolute Gasteiger partial charge is 0.458 e. The minimum atomic E-state index is -2.54. The lowest BCUT2D eigenvalue weighted by molar-refractivity contribution is 0.231. The van der Waals surface area contributed by atoms with Gasteiger partial charge in [0.05, 0.1) is 0 Å². The molecule has 4 aromatic carbocycles. The second-order valence-corrected chi connectivity index (χ2v) is 20.1. The summed E-state index contributed by atoms with van der Waals surface area (Å²) in [6.45, 7) is 31.9. The van der Waals surface area contributed by atoms with Gasteiger partial charge in [-0.25, -0.2) is 17.6 Å². The van der Waals surface area contributed by atoms with E-state index in [1.165, 1.54) is 0 Å². The first-order valence-electron chi connectivity index (χ1n) is 23.7. The van der Waals surface area contributed by atoms with Crippen molar-refractivity contribution in [3.05, 3.63) is 142 Å². The third-order valence-corrected chi connectivity index (χ3v) is 12.8. The smallest absolute Gasteiger partial charge is 0.366 e. The van der Waals surface area contributed by atoms with Gasteiger partial charge in [0.15, 0.2) is 0 Å². The van der Waals surface area contributed by atoms with Crippen LogP contribution in [0.25, 0.3) is 0 Å². The van der Waals surface area contributed by atoms with E-state index in [4.69, 9.17) is 0 Å². The van der Waals surface area contributed by atoms with Crippen LogP contribution in [0, 0.1) is 0 Å². The molecule has 6 rings (SSSR count). The molecule has 344 valence electrons. The molecule has 0 saturated carbocycles. The lowest BCUT2D eigenvalue weighted by atomic mass is 9.70. The molecular formula is C54H74B2F4N4. The Bertz CT molecular complexity index is 1840. The Hall–Kier alpha value is -4.59. The Balaban J connectivity index is 0.000000241. The van der Waals surface area contributed by atoms with Gasteiger partial charge in [0.2, 0.25) is 0 Å². The SMILES string of the molecule is CC(C)c1cccc(C(C)C)c1N1C=CN(c2c(C(C)C)cccc2C(C)C)B1C(F)F.CC(C)c1cccc(C(C)C)c1N1C=CN(c2c(C(C)C)cccc2C(C)C)B1C(F)F. The maximum absolute atomic E-state index is 14.8. The summed E-state index contributed by atoms with van der Waals surface area (Å²) in [6, 6.07) is 24.8. The van der Waals surface area contributed by atoms with Crippen molar-refractivity contribution in [2.24, 2.45) is 0 Å². The minimum absolute atomic E-state index is 0.235. The molecule has 0 amide bonds. The van der Waals surface area contributed by atoms with Crippen molar-refractivity contribution in [2.45, 2.75) is 171 Å². The number of alkyl halides is 4. The molecule has 2 heterocycles. The average molecular weight is 877 g/mol. The van der Waals surface area contributed by atoms with Gasteiger partial charge in [0, 0.05) is 47.5 Å². The molecule has 10 heteroatoms. The molecule has 0 aromatic heterocycles. The molecule has 0 unspecified atom stereocenters. The zero-order valence-electron chi connectivity index (χ0n) is 41.5. The van der Waals surface area contributed by atoms with Gasteiger partial charge < -0.3 is 19.2 Å². The lowest BCUT2D eigenvalue weighted by Gasteiger charge is -2.35. The summed E-state index contributed by atoms with van der Waals surface area (Å²) in [5.41, 5.74) is 12.6. The van der Waals surface area contributed by atoms with Crippen LogP contribution in [0.1, 0.15) is 203 Å². The summed E-state index contributed by atoms with van der Waals surface area (Å²) in [4.78, 5) is 7.26. The Kier molecular flexibility index (Phi) is 16.7. The van der Waals surface area contributed by atoms with Crippen LogP contribution in [0.2, 0.25) is 0 Å². The molecule has 2 aliphatic heterocycles. The Morgan fingerprint density at radius 2 is 0.422 bits per heavy atom. The molecule has 0 aliphatic carbocycles. The predicted molar refractivity (Wildman–Crippen MR) is 270 cm³/mol. The van der Waals surface area contributed by atoms with Gasteiger partial charge in [-0.15, -0.1) is 0 Å². The van der Waals surface area contributed by atoms with Gasteiger partial charge in [-0.2, -0.15) is 0 Å². The van der Waals surface area contributed by atoms with E-state index in [0.29, 0.717) is 0 Å². The zero-order valence-corrected chi connectivity index (χ0v) is 41.5. The summed E-state index contributed by atoms with van der Waals surface area (Å²) in [5, 5.41) is 0. The maximum Gasteiger partial charge on any atom is 0.458 e. The van der Waals surface area contributed by atoms with Crippen LogP contribution >= 0.6 is 0 Å². The van der Waals surface area contributed by atoms with Gasteiger partial charge >= 0.3 is 14.0 Å². The van der Waals surface area contributed by atoms with Gasteiger partial charge in [0.25, 0.3) is 12.6 Å². The number of hydrogen-bond acceptors (Lipinski definition) is 4. The van der Waals surface area contributed by atoms with Crippen molar-refractivity contribution in [1.82, 2.24) is 0 Å². The van der Waals surface area contributed by atoms with E-state index in [1.807, 2.05) is 68.3 Å². The van der Waals surface area contributed by atoms with E-state index in [0.717, 1.165) is 67.3 Å². The monoisotopic (exact) mass is 877 g/mol. The first-order chi connectivity index (χ1) is 30.1. The lowest BCUT2D eigenvalue weighted by Crippen LogP contribution is -2.51. The van der Waals surface area contributed by atoms with E-state index in [1.54, 1.807) is 0 Å². The van der Waals surface area contributed by atoms with Gasteiger partial charge in [-0.1, -0.05) is 184 Å². The van der Waals surface area contributed by atoms with Crippen LogP contribution in [0.15, 0.2) is 97.6 Å². The third kappa shape index (κ3) is 10.3. The highest BCUT2D eigenvalue weighted by Crippen LogP contribution is 2.45. The molecule has 2 aliphatic rings. The zero-order chi connectivity index (χ0) is 47.5. The summed E-state index contributed by atoms with van der Waals surface area (Å²) in [5.74, 6) is 1.88. The molecule has 0 spiro atoms. The number of rotatable bonds is 14. The first-order valence-corrected chi connectivity index (χ1v) is 23.7. The second-order valence-electron chi connectivity index (χ2n) is 20.1. The molecule has 0 fully saturated rings. The van der Waals surface area contributed by atoms with Crippen molar-refractivity contribution in [3.8, 4) is 0 Å². The molecule has 0 radical (unpaired) electrons. The number of benzene rings is 4. The van der Waals surface area contributed by atoms with E-state index in [2.05, 4.69) is 159 Å². The van der Waals surface area contributed by atoms with E-state index < -0.39 is 26.6 Å². The Labute approximate surface area is 385 Å². The van der Waals surface area contributed by atoms with E-state index >= 15 is 0 Å². The molecular weight excluding hydrogens is 802 g/mol. The number of hydrogen-bond donors (Lipinski definition) is 0. The van der Waals surface area contributed by atoms with Crippen molar-refractivity contribution < 1.29 is 17.6 Å². The van der Waals surface area contributed by atoms with Crippen molar-refractivity contribution in [2.75, 3.05) is 19.2 Å². The van der Waals surface area contributed by atoms with Gasteiger partial charge in [-0.3, -0.25) is 0 Å². The fourth-order valence-electron chi connectivity index (χ4n) is 9.46. The summed E-state index contributed by atoms with van der Waals surface area (Å²) in [7, 11) is 0. The molecule has 0 N–H and O–H groups in total. The molecule has 64 heavy (non-hydrogen) atoms. The number of anilines is 4. The summed E-state index contributed by atoms with van der Waals surface area (Å²) < 4.78 is 59.3. The number of para-hydroxylation sites is 4. The Morgan fingerprint density at radius 3 is 0.531 bits per heavy atom. The van der Waals surface area contributed by atoms with Crippen LogP contribution in [-0.2, 0) is 0 Å². The average Bonchev–Trinajstić information content (AvgIpc) is 3.88. The minimum Gasteiger partial charge on any atom is -0.366 e. The predicted octanol–water partition coefficient (Wildman–Crippen LogP) is 16.5. The maximum atomic E-state index is 14.8. The number of halogens is 4. The van der Waals surface area contributed by atoms with Crippen molar-refractivity contribution in [1.29, 1.82) is 0 Å². The molecule has 4 nitrogen and oxygen atoms in total. The third-order valence-electron chi connectivity index (χ3n) is 12.8. The van der Waals surface area contributed by atoms with Crippen molar-refractivity contribution >= 4 is 36.7 Å². The quantitative estimate of drug-likeness (QED) is 0.0924. The first kappa shape index (κ1) is 50.4. The fraction of sp³-hybridized carbons (Fsp3) is 0.481. The van der Waals surface area contributed by atoms with Gasteiger partial charge in [0.1, 0.15) is 0 Å². The van der Waals surface area contributed by atoms with Crippen LogP contribution in [-0.4, -0.2) is 26.6 Å². The molecule has 4 aromatic rings. The molecule has 0 atom stereocenters. The van der Waals surface area contributed by atoms with Crippen LogP contribution < -0.4 is 19.2 Å². The molecule has 0 bridgehead atoms. The van der Waals surface area contributed by atoms with Crippen molar-refractivity contribution in [3.63, 3.8) is 0 Å². The fourth-order valence-corrected chi connectivity index (χ4v) is 9.46. The number of nitrogens with zero attached hydrogens (tertiary/aromatic N) is 4. The van der Waals surface area contributed by atoms with E-state index in [-0.39, 0.29) is 47.3 Å². The Morgan fingerprint density at radius 1 is 0.281 bits per heavy atom. The topological polar surface area (TPSA) is 13.0 Å². The van der Waals surface area contributed by atoms with E-state index in [9.17, 15) is 17.6 Å².